The summed E-state index contributed by atoms with van der Waals surface area (Å²) in [4.78, 5) is 18.8. The van der Waals surface area contributed by atoms with Crippen LogP contribution in [0.5, 0.6) is 0 Å². The van der Waals surface area contributed by atoms with Gasteiger partial charge in [0.2, 0.25) is 0 Å². The van der Waals surface area contributed by atoms with E-state index in [2.05, 4.69) is 27.3 Å². The molecule has 1 N–H and O–H groups in total. The summed E-state index contributed by atoms with van der Waals surface area (Å²) < 4.78 is 12.0. The first-order chi connectivity index (χ1) is 12.5. The number of methoxy groups -OCH3 is 2. The Morgan fingerprint density at radius 1 is 1.35 bits per heavy atom. The first-order valence-corrected chi connectivity index (χ1v) is 8.92. The molecule has 0 amide bonds. The minimum absolute atomic E-state index is 0.136. The standard InChI is InChI=1S/C17H30N6O3/c1-12-10-23(11-14(12)16(24)26-5)17(18-7-6-8-25-4)19-9-15-21-20-13(2)22(15)3/h12,14H,6-11H2,1-5H3,(H,18,19). The molecule has 1 aromatic heterocycles. The monoisotopic (exact) mass is 366 g/mol. The zero-order chi connectivity index (χ0) is 19.1. The van der Waals surface area contributed by atoms with Crippen LogP contribution in [0, 0.1) is 18.8 Å². The predicted octanol–water partition coefficient (Wildman–Crippen LogP) is 0.347. The van der Waals surface area contributed by atoms with E-state index in [4.69, 9.17) is 14.5 Å². The highest BCUT2D eigenvalue weighted by molar-refractivity contribution is 5.82. The number of carbonyl (C=O) groups excluding carboxylic acids is 1. The third-order valence-electron chi connectivity index (χ3n) is 4.78. The number of esters is 1. The van der Waals surface area contributed by atoms with Crippen molar-refractivity contribution < 1.29 is 14.3 Å². The zero-order valence-corrected chi connectivity index (χ0v) is 16.4. The Kier molecular flexibility index (Phi) is 7.38. The molecule has 0 saturated carbocycles. The molecule has 0 spiro atoms. The number of likely N-dealkylation sites (tertiary alicyclic amines) is 1. The van der Waals surface area contributed by atoms with Crippen LogP contribution in [0.4, 0.5) is 0 Å². The van der Waals surface area contributed by atoms with Gasteiger partial charge < -0.3 is 24.3 Å². The molecule has 2 heterocycles. The lowest BCUT2D eigenvalue weighted by Crippen LogP contribution is -2.41. The summed E-state index contributed by atoms with van der Waals surface area (Å²) in [7, 11) is 5.05. The molecule has 2 rings (SSSR count). The van der Waals surface area contributed by atoms with E-state index in [1.54, 1.807) is 7.11 Å². The molecule has 2 atom stereocenters. The lowest BCUT2D eigenvalue weighted by Gasteiger charge is -2.22. The maximum absolute atomic E-state index is 12.0. The normalized spacial score (nSPS) is 20.5. The molecule has 1 fully saturated rings. The molecule has 1 aliphatic rings. The van der Waals surface area contributed by atoms with Crippen LogP contribution in [0.3, 0.4) is 0 Å². The van der Waals surface area contributed by atoms with E-state index in [1.165, 1.54) is 7.11 Å². The predicted molar refractivity (Wildman–Crippen MR) is 97.6 cm³/mol. The van der Waals surface area contributed by atoms with Gasteiger partial charge >= 0.3 is 5.97 Å². The summed E-state index contributed by atoms with van der Waals surface area (Å²) in [6, 6.07) is 0. The molecule has 1 aromatic rings. The SMILES string of the molecule is COCCCNC(=NCc1nnc(C)n1C)N1CC(C)C(C(=O)OC)C1. The van der Waals surface area contributed by atoms with E-state index < -0.39 is 0 Å². The number of carbonyl (C=O) groups is 1. The molecule has 0 aliphatic carbocycles. The van der Waals surface area contributed by atoms with E-state index in [9.17, 15) is 4.79 Å². The Hall–Kier alpha value is -2.16. The van der Waals surface area contributed by atoms with Gasteiger partial charge in [-0.3, -0.25) is 4.79 Å². The molecule has 9 heteroatoms. The molecule has 26 heavy (non-hydrogen) atoms. The van der Waals surface area contributed by atoms with E-state index in [-0.39, 0.29) is 17.8 Å². The largest absolute Gasteiger partial charge is 0.469 e. The topological polar surface area (TPSA) is 93.9 Å². The Morgan fingerprint density at radius 2 is 2.12 bits per heavy atom. The lowest BCUT2D eigenvalue weighted by molar-refractivity contribution is -0.145. The van der Waals surface area contributed by atoms with Crippen LogP contribution in [-0.4, -0.2) is 72.1 Å². The van der Waals surface area contributed by atoms with Crippen molar-refractivity contribution >= 4 is 11.9 Å². The van der Waals surface area contributed by atoms with Gasteiger partial charge in [-0.1, -0.05) is 6.92 Å². The molecule has 1 saturated heterocycles. The Morgan fingerprint density at radius 3 is 2.73 bits per heavy atom. The zero-order valence-electron chi connectivity index (χ0n) is 16.4. The average Bonchev–Trinajstić information content (AvgIpc) is 3.17. The molecule has 0 radical (unpaired) electrons. The third kappa shape index (κ3) is 4.94. The fourth-order valence-corrected chi connectivity index (χ4v) is 3.02. The fourth-order valence-electron chi connectivity index (χ4n) is 3.02. The summed E-state index contributed by atoms with van der Waals surface area (Å²) in [5.74, 6) is 2.34. The van der Waals surface area contributed by atoms with E-state index in [0.29, 0.717) is 19.7 Å². The summed E-state index contributed by atoms with van der Waals surface area (Å²) in [5, 5.41) is 11.6. The molecule has 2 unspecified atom stereocenters. The van der Waals surface area contributed by atoms with Crippen molar-refractivity contribution in [2.45, 2.75) is 26.8 Å². The number of ether oxygens (including phenoxy) is 2. The number of rotatable bonds is 7. The molecular weight excluding hydrogens is 336 g/mol. The van der Waals surface area contributed by atoms with E-state index in [0.717, 1.165) is 37.1 Å². The van der Waals surface area contributed by atoms with Crippen LogP contribution in [0.1, 0.15) is 25.0 Å². The van der Waals surface area contributed by atoms with Gasteiger partial charge in [-0.05, 0) is 19.3 Å². The lowest BCUT2D eigenvalue weighted by atomic mass is 9.99. The van der Waals surface area contributed by atoms with Gasteiger partial charge in [0, 0.05) is 40.4 Å². The highest BCUT2D eigenvalue weighted by Crippen LogP contribution is 2.24. The highest BCUT2D eigenvalue weighted by Gasteiger charge is 2.36. The molecule has 0 aromatic carbocycles. The van der Waals surface area contributed by atoms with Crippen molar-refractivity contribution in [3.05, 3.63) is 11.6 Å². The second-order valence-electron chi connectivity index (χ2n) is 6.65. The minimum Gasteiger partial charge on any atom is -0.469 e. The molecule has 1 aliphatic heterocycles. The van der Waals surface area contributed by atoms with Crippen LogP contribution in [0.25, 0.3) is 0 Å². The number of nitrogens with one attached hydrogen (secondary N) is 1. The van der Waals surface area contributed by atoms with E-state index >= 15 is 0 Å². The molecule has 0 bridgehead atoms. The first-order valence-electron chi connectivity index (χ1n) is 8.92. The molecular formula is C17H30N6O3. The minimum atomic E-state index is -0.164. The maximum atomic E-state index is 12.0. The fraction of sp³-hybridized carbons (Fsp3) is 0.765. The smallest absolute Gasteiger partial charge is 0.310 e. The maximum Gasteiger partial charge on any atom is 0.310 e. The summed E-state index contributed by atoms with van der Waals surface area (Å²) in [5.41, 5.74) is 0. The average molecular weight is 366 g/mol. The number of hydrogen-bond acceptors (Lipinski definition) is 6. The van der Waals surface area contributed by atoms with Gasteiger partial charge in [0.15, 0.2) is 11.8 Å². The van der Waals surface area contributed by atoms with E-state index in [1.807, 2.05) is 18.5 Å². The number of aromatic nitrogens is 3. The second-order valence-corrected chi connectivity index (χ2v) is 6.65. The van der Waals surface area contributed by atoms with Crippen molar-refractivity contribution in [3.8, 4) is 0 Å². The summed E-state index contributed by atoms with van der Waals surface area (Å²) >= 11 is 0. The van der Waals surface area contributed by atoms with Gasteiger partial charge in [0.25, 0.3) is 0 Å². The summed E-state index contributed by atoms with van der Waals surface area (Å²) in [6.45, 7) is 7.19. The van der Waals surface area contributed by atoms with Crippen molar-refractivity contribution in [1.29, 1.82) is 0 Å². The second kappa shape index (κ2) is 9.51. The number of guanidine groups is 1. The third-order valence-corrected chi connectivity index (χ3v) is 4.78. The van der Waals surface area contributed by atoms with Crippen molar-refractivity contribution in [3.63, 3.8) is 0 Å². The van der Waals surface area contributed by atoms with Crippen LogP contribution in [-0.2, 0) is 27.9 Å². The molecule has 146 valence electrons. The number of aliphatic imine (C=N–C) groups is 1. The van der Waals surface area contributed by atoms with Gasteiger partial charge in [-0.2, -0.15) is 0 Å². The van der Waals surface area contributed by atoms with Crippen molar-refractivity contribution in [2.75, 3.05) is 40.5 Å². The number of hydrogen-bond donors (Lipinski definition) is 1. The van der Waals surface area contributed by atoms with Crippen molar-refractivity contribution in [2.24, 2.45) is 23.9 Å². The van der Waals surface area contributed by atoms with Gasteiger partial charge in [-0.25, -0.2) is 4.99 Å². The van der Waals surface area contributed by atoms with Crippen LogP contribution >= 0.6 is 0 Å². The van der Waals surface area contributed by atoms with Crippen LogP contribution in [0.15, 0.2) is 4.99 Å². The Labute approximate surface area is 154 Å². The highest BCUT2D eigenvalue weighted by atomic mass is 16.5. The van der Waals surface area contributed by atoms with Gasteiger partial charge in [0.1, 0.15) is 12.4 Å². The Bertz CT molecular complexity index is 630. The van der Waals surface area contributed by atoms with Gasteiger partial charge in [-0.15, -0.1) is 10.2 Å². The first kappa shape index (κ1) is 20.2. The Balaban J connectivity index is 2.09. The quantitative estimate of drug-likeness (QED) is 0.322. The summed E-state index contributed by atoms with van der Waals surface area (Å²) in [6.07, 6.45) is 0.877. The van der Waals surface area contributed by atoms with Gasteiger partial charge in [0.05, 0.1) is 13.0 Å². The number of nitrogens with zero attached hydrogens (tertiary/aromatic N) is 5. The molecule has 9 nitrogen and oxygen atoms in total. The number of aryl methyl sites for hydroxylation is 1. The van der Waals surface area contributed by atoms with Crippen molar-refractivity contribution in [1.82, 2.24) is 25.0 Å². The van der Waals surface area contributed by atoms with Crippen LogP contribution < -0.4 is 5.32 Å². The van der Waals surface area contributed by atoms with Crippen LogP contribution in [0.2, 0.25) is 0 Å².